The predicted octanol–water partition coefficient (Wildman–Crippen LogP) is 0.960. The molecule has 2 N–H and O–H groups in total. The summed E-state index contributed by atoms with van der Waals surface area (Å²) in [4.78, 5) is 15.8. The van der Waals surface area contributed by atoms with Gasteiger partial charge >= 0.3 is 0 Å². The van der Waals surface area contributed by atoms with E-state index in [9.17, 15) is 13.2 Å². The molecule has 0 aliphatic rings. The first-order valence-corrected chi connectivity index (χ1v) is 6.61. The molecule has 0 bridgehead atoms. The average molecular weight is 262 g/mol. The van der Waals surface area contributed by atoms with Crippen molar-refractivity contribution in [2.75, 3.05) is 0 Å². The highest BCUT2D eigenvalue weighted by Crippen LogP contribution is 2.13. The van der Waals surface area contributed by atoms with Crippen molar-refractivity contribution in [1.82, 2.24) is 4.98 Å². The highest BCUT2D eigenvalue weighted by molar-refractivity contribution is 7.89. The van der Waals surface area contributed by atoms with Crippen LogP contribution in [0.1, 0.15) is 15.9 Å². The van der Waals surface area contributed by atoms with E-state index in [0.29, 0.717) is 5.56 Å². The predicted molar refractivity (Wildman–Crippen MR) is 65.5 cm³/mol. The molecule has 6 heteroatoms. The molecule has 0 radical (unpaired) electrons. The number of ketones is 1. The Morgan fingerprint density at radius 2 is 1.72 bits per heavy atom. The number of nitrogens with zero attached hydrogens (tertiary/aromatic N) is 1. The minimum absolute atomic E-state index is 0.0811. The van der Waals surface area contributed by atoms with Gasteiger partial charge in [0.05, 0.1) is 4.90 Å². The number of pyridine rings is 1. The summed E-state index contributed by atoms with van der Waals surface area (Å²) in [5.74, 6) is -0.275. The van der Waals surface area contributed by atoms with Crippen LogP contribution in [0.15, 0.2) is 53.7 Å². The average Bonchev–Trinajstić information content (AvgIpc) is 2.38. The van der Waals surface area contributed by atoms with E-state index < -0.39 is 10.0 Å². The zero-order valence-corrected chi connectivity index (χ0v) is 10.1. The number of hydrogen-bond donors (Lipinski definition) is 1. The quantitative estimate of drug-likeness (QED) is 0.834. The lowest BCUT2D eigenvalue weighted by molar-refractivity contribution is 0.103. The minimum atomic E-state index is -3.81. The van der Waals surface area contributed by atoms with Crippen LogP contribution in [0.4, 0.5) is 0 Å². The first-order valence-electron chi connectivity index (χ1n) is 5.06. The van der Waals surface area contributed by atoms with Crippen LogP contribution in [0.25, 0.3) is 0 Å². The van der Waals surface area contributed by atoms with Gasteiger partial charge in [0.2, 0.25) is 10.0 Å². The van der Waals surface area contributed by atoms with Gasteiger partial charge in [0, 0.05) is 23.5 Å². The van der Waals surface area contributed by atoms with E-state index in [1.54, 1.807) is 12.1 Å². The monoisotopic (exact) mass is 262 g/mol. The van der Waals surface area contributed by atoms with E-state index in [1.165, 1.54) is 36.7 Å². The van der Waals surface area contributed by atoms with Crippen LogP contribution in [0.5, 0.6) is 0 Å². The lowest BCUT2D eigenvalue weighted by Gasteiger charge is -2.03. The van der Waals surface area contributed by atoms with Gasteiger partial charge in [-0.3, -0.25) is 9.78 Å². The number of benzene rings is 1. The number of aromatic nitrogens is 1. The molecule has 0 unspecified atom stereocenters. The van der Waals surface area contributed by atoms with E-state index in [0.717, 1.165) is 0 Å². The summed E-state index contributed by atoms with van der Waals surface area (Å²) in [5, 5.41) is 5.02. The third-order valence-corrected chi connectivity index (χ3v) is 3.28. The third kappa shape index (κ3) is 2.61. The van der Waals surface area contributed by atoms with Crippen molar-refractivity contribution in [3.05, 3.63) is 59.9 Å². The molecule has 0 spiro atoms. The highest BCUT2D eigenvalue weighted by Gasteiger charge is 2.13. The summed E-state index contributed by atoms with van der Waals surface area (Å²) in [6.07, 6.45) is 2.99. The lowest BCUT2D eigenvalue weighted by atomic mass is 10.1. The maximum Gasteiger partial charge on any atom is 0.238 e. The van der Waals surface area contributed by atoms with Gasteiger partial charge in [-0.25, -0.2) is 13.6 Å². The third-order valence-electron chi connectivity index (χ3n) is 2.37. The van der Waals surface area contributed by atoms with Gasteiger partial charge in [0.15, 0.2) is 5.78 Å². The Labute approximate surface area is 104 Å². The molecule has 0 atom stereocenters. The molecule has 1 heterocycles. The fourth-order valence-electron chi connectivity index (χ4n) is 1.48. The van der Waals surface area contributed by atoms with Crippen molar-refractivity contribution in [1.29, 1.82) is 0 Å². The van der Waals surface area contributed by atoms with Crippen molar-refractivity contribution in [3.63, 3.8) is 0 Å². The molecule has 5 nitrogen and oxygen atoms in total. The second-order valence-electron chi connectivity index (χ2n) is 3.64. The number of primary sulfonamides is 1. The Bertz CT molecular complexity index is 681. The van der Waals surface area contributed by atoms with Crippen molar-refractivity contribution in [3.8, 4) is 0 Å². The first kappa shape index (κ1) is 12.4. The number of nitrogens with two attached hydrogens (primary N) is 1. The first-order chi connectivity index (χ1) is 8.48. The van der Waals surface area contributed by atoms with Gasteiger partial charge in [0.25, 0.3) is 0 Å². The number of carbonyl (C=O) groups is 1. The van der Waals surface area contributed by atoms with Gasteiger partial charge < -0.3 is 0 Å². The van der Waals surface area contributed by atoms with Crippen LogP contribution < -0.4 is 5.14 Å². The van der Waals surface area contributed by atoms with Crippen molar-refractivity contribution >= 4 is 15.8 Å². The lowest BCUT2D eigenvalue weighted by Crippen LogP contribution is -2.13. The van der Waals surface area contributed by atoms with Crippen LogP contribution in [0.3, 0.4) is 0 Å². The van der Waals surface area contributed by atoms with E-state index in [2.05, 4.69) is 4.98 Å². The second kappa shape index (κ2) is 4.67. The van der Waals surface area contributed by atoms with Gasteiger partial charge in [-0.05, 0) is 24.3 Å². The van der Waals surface area contributed by atoms with Crippen LogP contribution >= 0.6 is 0 Å². The summed E-state index contributed by atoms with van der Waals surface area (Å²) in [7, 11) is -3.81. The van der Waals surface area contributed by atoms with Crippen LogP contribution in [0, 0.1) is 0 Å². The van der Waals surface area contributed by atoms with Crippen molar-refractivity contribution in [2.45, 2.75) is 4.90 Å². The standard InChI is InChI=1S/C12H10N2O3S/c13-18(16,17)11-3-1-2-10(8-11)12(15)9-4-6-14-7-5-9/h1-8H,(H2,13,16,17). The van der Waals surface area contributed by atoms with Crippen molar-refractivity contribution in [2.24, 2.45) is 5.14 Å². The highest BCUT2D eigenvalue weighted by atomic mass is 32.2. The molecule has 92 valence electrons. The zero-order chi connectivity index (χ0) is 13.2. The molecule has 1 aromatic carbocycles. The van der Waals surface area contributed by atoms with Gasteiger partial charge in [-0.15, -0.1) is 0 Å². The molecule has 2 rings (SSSR count). The topological polar surface area (TPSA) is 90.1 Å². The molecule has 0 aliphatic heterocycles. The summed E-state index contributed by atoms with van der Waals surface area (Å²) in [6, 6.07) is 8.75. The molecule has 0 fully saturated rings. The van der Waals surface area contributed by atoms with Gasteiger partial charge in [-0.2, -0.15) is 0 Å². The van der Waals surface area contributed by atoms with Crippen LogP contribution in [0.2, 0.25) is 0 Å². The summed E-state index contributed by atoms with van der Waals surface area (Å²) < 4.78 is 22.4. The molecule has 1 aromatic heterocycles. The van der Waals surface area contributed by atoms with Gasteiger partial charge in [0.1, 0.15) is 0 Å². The van der Waals surface area contributed by atoms with Crippen molar-refractivity contribution < 1.29 is 13.2 Å². The molecular formula is C12H10N2O3S. The molecule has 0 amide bonds. The normalized spacial score (nSPS) is 11.2. The van der Waals surface area contributed by atoms with Crippen LogP contribution in [-0.4, -0.2) is 19.2 Å². The molecule has 0 aliphatic carbocycles. The van der Waals surface area contributed by atoms with E-state index in [4.69, 9.17) is 5.14 Å². The molecule has 0 saturated carbocycles. The SMILES string of the molecule is NS(=O)(=O)c1cccc(C(=O)c2ccncc2)c1. The van der Waals surface area contributed by atoms with Gasteiger partial charge in [-0.1, -0.05) is 12.1 Å². The summed E-state index contributed by atoms with van der Waals surface area (Å²) in [6.45, 7) is 0. The number of rotatable bonds is 3. The number of hydrogen-bond acceptors (Lipinski definition) is 4. The Balaban J connectivity index is 2.44. The Morgan fingerprint density at radius 3 is 2.33 bits per heavy atom. The van der Waals surface area contributed by atoms with E-state index in [-0.39, 0.29) is 16.2 Å². The Hall–Kier alpha value is -2.05. The fourth-order valence-corrected chi connectivity index (χ4v) is 2.04. The minimum Gasteiger partial charge on any atom is -0.289 e. The van der Waals surface area contributed by atoms with Crippen LogP contribution in [-0.2, 0) is 10.0 Å². The fraction of sp³-hybridized carbons (Fsp3) is 0. The molecule has 0 saturated heterocycles. The molecule has 18 heavy (non-hydrogen) atoms. The largest absolute Gasteiger partial charge is 0.289 e. The molecule has 2 aromatic rings. The summed E-state index contributed by atoms with van der Waals surface area (Å²) in [5.41, 5.74) is 0.712. The molecular weight excluding hydrogens is 252 g/mol. The summed E-state index contributed by atoms with van der Waals surface area (Å²) >= 11 is 0. The number of carbonyl (C=O) groups excluding carboxylic acids is 1. The van der Waals surface area contributed by atoms with E-state index >= 15 is 0 Å². The maximum atomic E-state index is 12.1. The Morgan fingerprint density at radius 1 is 1.06 bits per heavy atom. The smallest absolute Gasteiger partial charge is 0.238 e. The Kier molecular flexibility index (Phi) is 3.22. The number of sulfonamides is 1. The second-order valence-corrected chi connectivity index (χ2v) is 5.20. The zero-order valence-electron chi connectivity index (χ0n) is 9.28. The maximum absolute atomic E-state index is 12.1. The van der Waals surface area contributed by atoms with E-state index in [1.807, 2.05) is 0 Å².